The molecule has 7 heteroatoms. The smallest absolute Gasteiger partial charge is 0.322 e. The lowest BCUT2D eigenvalue weighted by Crippen LogP contribution is -2.47. The number of hydrogen-bond donors (Lipinski definition) is 0. The van der Waals surface area contributed by atoms with Crippen LogP contribution in [-0.4, -0.2) is 40.3 Å². The van der Waals surface area contributed by atoms with Gasteiger partial charge in [-0.25, -0.2) is 0 Å². The van der Waals surface area contributed by atoms with Crippen molar-refractivity contribution in [2.45, 2.75) is 32.7 Å². The van der Waals surface area contributed by atoms with Gasteiger partial charge in [-0.05, 0) is 32.7 Å². The molecule has 0 atom stereocenters. The molecule has 96 valence electrons. The fraction of sp³-hybridized carbons (Fsp3) is 0.600. The van der Waals surface area contributed by atoms with Crippen molar-refractivity contribution in [1.82, 2.24) is 4.90 Å². The van der Waals surface area contributed by atoms with E-state index >= 15 is 0 Å². The Morgan fingerprint density at radius 2 is 1.53 bits per heavy atom. The quantitative estimate of drug-likeness (QED) is 0.562. The molecule has 0 N–H and O–H groups in total. The van der Waals surface area contributed by atoms with Crippen LogP contribution in [0.1, 0.15) is 0 Å². The highest BCUT2D eigenvalue weighted by Crippen LogP contribution is 2.16. The number of amides is 2. The zero-order valence-electron chi connectivity index (χ0n) is 10.9. The topological polar surface area (TPSA) is 55.8 Å². The number of hydrogen-bond acceptors (Lipinski definition) is 4. The van der Waals surface area contributed by atoms with Gasteiger partial charge in [-0.15, -0.1) is 0 Å². The highest BCUT2D eigenvalue weighted by molar-refractivity contribution is 6.81. The molecule has 1 aliphatic rings. The van der Waals surface area contributed by atoms with Crippen LogP contribution >= 0.6 is 0 Å². The first kappa shape index (κ1) is 14.3. The fourth-order valence-corrected chi connectivity index (χ4v) is 8.12. The third-order valence-electron chi connectivity index (χ3n) is 1.99. The predicted molar refractivity (Wildman–Crippen MR) is 68.9 cm³/mol. The summed E-state index contributed by atoms with van der Waals surface area (Å²) in [7, 11) is -3.95. The molecule has 0 bridgehead atoms. The summed E-state index contributed by atoms with van der Waals surface area (Å²) in [5.41, 5.74) is 0. The Bertz CT molecular complexity index is 342. The largest absolute Gasteiger partial charge is 0.436 e. The molecule has 1 aliphatic heterocycles. The first-order valence-corrected chi connectivity index (χ1v) is 11.7. The summed E-state index contributed by atoms with van der Waals surface area (Å²) in [4.78, 5) is 23.7. The molecule has 1 heterocycles. The molecule has 17 heavy (non-hydrogen) atoms. The first-order valence-electron chi connectivity index (χ1n) is 5.48. The third kappa shape index (κ3) is 4.54. The van der Waals surface area contributed by atoms with Crippen LogP contribution in [-0.2, 0) is 18.1 Å². The van der Waals surface area contributed by atoms with Crippen LogP contribution in [0.4, 0.5) is 0 Å². The van der Waals surface area contributed by atoms with Crippen LogP contribution in [0.5, 0.6) is 0 Å². The molecule has 1 rings (SSSR count). The van der Waals surface area contributed by atoms with Gasteiger partial charge in [0.2, 0.25) is 0 Å². The number of carbonyl (C=O) groups is 2. The van der Waals surface area contributed by atoms with E-state index in [-0.39, 0.29) is 18.5 Å². The standard InChI is InChI=1S/C10H19NO4Si2/c1-16(2,3)15-17(4,5)14-8-11-9(12)6-7-10(11)13/h6-7H,8H2,1-5H3. The summed E-state index contributed by atoms with van der Waals surface area (Å²) in [5.74, 6) is -0.652. The second-order valence-corrected chi connectivity index (χ2v) is 13.5. The lowest BCUT2D eigenvalue weighted by molar-refractivity contribution is -0.140. The van der Waals surface area contributed by atoms with Crippen molar-refractivity contribution < 1.29 is 18.1 Å². The van der Waals surface area contributed by atoms with Crippen molar-refractivity contribution in [3.05, 3.63) is 12.2 Å². The molecule has 2 amide bonds. The highest BCUT2D eigenvalue weighted by Gasteiger charge is 2.33. The molecule has 0 saturated heterocycles. The summed E-state index contributed by atoms with van der Waals surface area (Å²) in [6.45, 7) is 10.1. The van der Waals surface area contributed by atoms with Crippen LogP contribution in [0.25, 0.3) is 0 Å². The van der Waals surface area contributed by atoms with Crippen molar-refractivity contribution in [2.75, 3.05) is 6.73 Å². The molecular weight excluding hydrogens is 254 g/mol. The van der Waals surface area contributed by atoms with Gasteiger partial charge in [0, 0.05) is 12.2 Å². The molecular formula is C10H19NO4Si2. The molecule has 0 saturated carbocycles. The van der Waals surface area contributed by atoms with E-state index in [1.807, 2.05) is 13.1 Å². The van der Waals surface area contributed by atoms with Gasteiger partial charge in [-0.3, -0.25) is 14.5 Å². The zero-order chi connectivity index (χ0) is 13.3. The zero-order valence-corrected chi connectivity index (χ0v) is 12.9. The second kappa shape index (κ2) is 4.85. The minimum absolute atomic E-state index is 0.0195. The maximum Gasteiger partial charge on any atom is 0.322 e. The molecule has 0 aliphatic carbocycles. The molecule has 0 radical (unpaired) electrons. The Morgan fingerprint density at radius 3 is 1.94 bits per heavy atom. The Labute approximate surface area is 104 Å². The maximum absolute atomic E-state index is 11.3. The lowest BCUT2D eigenvalue weighted by atomic mass is 10.6. The summed E-state index contributed by atoms with van der Waals surface area (Å²) in [6, 6.07) is 0. The van der Waals surface area contributed by atoms with Crippen LogP contribution in [0.15, 0.2) is 12.2 Å². The van der Waals surface area contributed by atoms with Gasteiger partial charge in [-0.2, -0.15) is 0 Å². The average Bonchev–Trinajstić information content (AvgIpc) is 2.39. The maximum atomic E-state index is 11.3. The number of nitrogens with zero attached hydrogens (tertiary/aromatic N) is 1. The summed E-state index contributed by atoms with van der Waals surface area (Å²) in [5, 5.41) is 0. The summed E-state index contributed by atoms with van der Waals surface area (Å²) >= 11 is 0. The van der Waals surface area contributed by atoms with Crippen LogP contribution < -0.4 is 0 Å². The Balaban J connectivity index is 2.50. The van der Waals surface area contributed by atoms with Crippen LogP contribution in [0.2, 0.25) is 32.7 Å². The molecule has 0 spiro atoms. The van der Waals surface area contributed by atoms with Crippen molar-refractivity contribution >= 4 is 28.7 Å². The van der Waals surface area contributed by atoms with E-state index in [2.05, 4.69) is 19.6 Å². The average molecular weight is 273 g/mol. The molecule has 0 aromatic heterocycles. The number of carbonyl (C=O) groups excluding carboxylic acids is 2. The third-order valence-corrected chi connectivity index (χ3v) is 7.23. The van der Waals surface area contributed by atoms with Gasteiger partial charge in [0.15, 0.2) is 8.32 Å². The van der Waals surface area contributed by atoms with E-state index in [1.165, 1.54) is 12.2 Å². The van der Waals surface area contributed by atoms with E-state index < -0.39 is 16.9 Å². The van der Waals surface area contributed by atoms with E-state index in [0.717, 1.165) is 4.90 Å². The van der Waals surface area contributed by atoms with E-state index in [4.69, 9.17) is 8.54 Å². The van der Waals surface area contributed by atoms with Crippen molar-refractivity contribution in [2.24, 2.45) is 0 Å². The molecule has 0 aromatic rings. The van der Waals surface area contributed by atoms with Gasteiger partial charge in [-0.1, -0.05) is 0 Å². The van der Waals surface area contributed by atoms with Crippen LogP contribution in [0, 0.1) is 0 Å². The van der Waals surface area contributed by atoms with Gasteiger partial charge in [0.05, 0.1) is 0 Å². The minimum atomic E-state index is -2.28. The molecule has 0 aromatic carbocycles. The number of rotatable bonds is 5. The van der Waals surface area contributed by atoms with Crippen molar-refractivity contribution in [1.29, 1.82) is 0 Å². The predicted octanol–water partition coefficient (Wildman–Crippen LogP) is 1.44. The second-order valence-electron chi connectivity index (χ2n) is 5.33. The van der Waals surface area contributed by atoms with E-state index in [9.17, 15) is 9.59 Å². The fourth-order valence-electron chi connectivity index (χ4n) is 1.55. The van der Waals surface area contributed by atoms with Gasteiger partial charge in [0.1, 0.15) is 6.73 Å². The monoisotopic (exact) mass is 273 g/mol. The Morgan fingerprint density at radius 1 is 1.06 bits per heavy atom. The van der Waals surface area contributed by atoms with Gasteiger partial charge >= 0.3 is 8.56 Å². The normalized spacial score (nSPS) is 17.1. The minimum Gasteiger partial charge on any atom is -0.436 e. The summed E-state index contributed by atoms with van der Waals surface area (Å²) in [6.07, 6.45) is 2.50. The van der Waals surface area contributed by atoms with Crippen molar-refractivity contribution in [3.8, 4) is 0 Å². The Kier molecular flexibility index (Phi) is 4.08. The van der Waals surface area contributed by atoms with Gasteiger partial charge in [0.25, 0.3) is 11.8 Å². The molecule has 0 unspecified atom stereocenters. The van der Waals surface area contributed by atoms with E-state index in [1.54, 1.807) is 0 Å². The van der Waals surface area contributed by atoms with Gasteiger partial charge < -0.3 is 8.54 Å². The molecule has 5 nitrogen and oxygen atoms in total. The van der Waals surface area contributed by atoms with E-state index in [0.29, 0.717) is 0 Å². The lowest BCUT2D eigenvalue weighted by Gasteiger charge is -2.31. The van der Waals surface area contributed by atoms with Crippen LogP contribution in [0.3, 0.4) is 0 Å². The Hall–Kier alpha value is -0.766. The van der Waals surface area contributed by atoms with Crippen molar-refractivity contribution in [3.63, 3.8) is 0 Å². The molecule has 0 fully saturated rings. The first-order chi connectivity index (χ1) is 7.61. The summed E-state index contributed by atoms with van der Waals surface area (Å²) < 4.78 is 11.6. The SMILES string of the molecule is C[Si](C)(C)O[Si](C)(C)OCN1C(=O)C=CC1=O. The number of imide groups is 1. The highest BCUT2D eigenvalue weighted by atomic mass is 28.4.